The number of nitrogens with one attached hydrogen (secondary N) is 2. The van der Waals surface area contributed by atoms with Crippen LogP contribution >= 0.6 is 15.9 Å². The van der Waals surface area contributed by atoms with E-state index in [0.717, 1.165) is 15.7 Å². The predicted molar refractivity (Wildman–Crippen MR) is 79.1 cm³/mol. The van der Waals surface area contributed by atoms with Gasteiger partial charge in [0.1, 0.15) is 5.69 Å². The summed E-state index contributed by atoms with van der Waals surface area (Å²) >= 11 is 3.45. The first-order valence-electron chi connectivity index (χ1n) is 5.86. The van der Waals surface area contributed by atoms with Crippen LogP contribution in [0.1, 0.15) is 16.1 Å². The summed E-state index contributed by atoms with van der Waals surface area (Å²) in [7, 11) is 1.80. The Morgan fingerprint density at radius 2 is 2.11 bits per heavy atom. The van der Waals surface area contributed by atoms with Crippen molar-refractivity contribution in [1.29, 1.82) is 0 Å². The molecule has 0 saturated heterocycles. The van der Waals surface area contributed by atoms with E-state index in [1.54, 1.807) is 19.3 Å². The van der Waals surface area contributed by atoms with Crippen molar-refractivity contribution in [3.05, 3.63) is 58.3 Å². The Balaban J connectivity index is 2.03. The smallest absolute Gasteiger partial charge is 0.270 e. The number of aromatic nitrogens is 1. The molecule has 0 aliphatic carbocycles. The minimum Gasteiger partial charge on any atom is -0.388 e. The maximum Gasteiger partial charge on any atom is 0.270 e. The maximum atomic E-state index is 12.0. The molecule has 2 N–H and O–H groups in total. The summed E-state index contributed by atoms with van der Waals surface area (Å²) in [6.45, 7) is 0.464. The third-order valence-electron chi connectivity index (χ3n) is 2.68. The van der Waals surface area contributed by atoms with Crippen LogP contribution in [0.15, 0.2) is 47.1 Å². The summed E-state index contributed by atoms with van der Waals surface area (Å²) in [4.78, 5) is 16.0. The Bertz CT molecular complexity index is 586. The molecule has 0 saturated carbocycles. The lowest BCUT2D eigenvalue weighted by molar-refractivity contribution is 0.0946. The Morgan fingerprint density at radius 3 is 2.84 bits per heavy atom. The molecule has 0 aliphatic heterocycles. The van der Waals surface area contributed by atoms with Crippen molar-refractivity contribution >= 4 is 27.5 Å². The Hall–Kier alpha value is -1.88. The molecule has 0 spiro atoms. The SMILES string of the molecule is CNc1ccnc(C(=O)NCc2ccccc2Br)c1. The van der Waals surface area contributed by atoms with Gasteiger partial charge in [0.15, 0.2) is 0 Å². The van der Waals surface area contributed by atoms with Gasteiger partial charge in [-0.05, 0) is 23.8 Å². The Morgan fingerprint density at radius 1 is 1.32 bits per heavy atom. The molecule has 1 aromatic carbocycles. The normalized spacial score (nSPS) is 10.0. The van der Waals surface area contributed by atoms with Gasteiger partial charge >= 0.3 is 0 Å². The summed E-state index contributed by atoms with van der Waals surface area (Å²) in [5.41, 5.74) is 2.29. The number of pyridine rings is 1. The van der Waals surface area contributed by atoms with Crippen LogP contribution in [0.2, 0.25) is 0 Å². The number of halogens is 1. The van der Waals surface area contributed by atoms with Gasteiger partial charge in [-0.15, -0.1) is 0 Å². The molecule has 1 heterocycles. The lowest BCUT2D eigenvalue weighted by Gasteiger charge is -2.07. The highest BCUT2D eigenvalue weighted by atomic mass is 79.9. The highest BCUT2D eigenvalue weighted by Gasteiger charge is 2.08. The minimum absolute atomic E-state index is 0.187. The van der Waals surface area contributed by atoms with E-state index in [0.29, 0.717) is 12.2 Å². The van der Waals surface area contributed by atoms with Crippen molar-refractivity contribution in [3.63, 3.8) is 0 Å². The molecule has 0 fully saturated rings. The fourth-order valence-electron chi connectivity index (χ4n) is 1.62. The first-order valence-corrected chi connectivity index (χ1v) is 6.65. The fourth-order valence-corrected chi connectivity index (χ4v) is 2.04. The number of carbonyl (C=O) groups excluding carboxylic acids is 1. The van der Waals surface area contributed by atoms with Crippen molar-refractivity contribution < 1.29 is 4.79 Å². The molecule has 5 heteroatoms. The summed E-state index contributed by atoms with van der Waals surface area (Å²) in [6.07, 6.45) is 1.61. The summed E-state index contributed by atoms with van der Waals surface area (Å²) in [5, 5.41) is 5.83. The average molecular weight is 320 g/mol. The summed E-state index contributed by atoms with van der Waals surface area (Å²) < 4.78 is 0.979. The van der Waals surface area contributed by atoms with E-state index in [1.807, 2.05) is 30.3 Å². The molecule has 0 atom stereocenters. The van der Waals surface area contributed by atoms with Crippen LogP contribution in [0.5, 0.6) is 0 Å². The van der Waals surface area contributed by atoms with Crippen LogP contribution in [-0.4, -0.2) is 17.9 Å². The number of benzene rings is 1. The van der Waals surface area contributed by atoms with Crippen LogP contribution in [0.3, 0.4) is 0 Å². The molecule has 0 bridgehead atoms. The van der Waals surface area contributed by atoms with E-state index in [1.165, 1.54) is 0 Å². The molecule has 0 aliphatic rings. The first kappa shape index (κ1) is 13.5. The number of carbonyl (C=O) groups is 1. The van der Waals surface area contributed by atoms with E-state index in [4.69, 9.17) is 0 Å². The molecule has 98 valence electrons. The summed E-state index contributed by atoms with van der Waals surface area (Å²) in [6, 6.07) is 11.3. The molecular weight excluding hydrogens is 306 g/mol. The van der Waals surface area contributed by atoms with Gasteiger partial charge in [0.05, 0.1) is 0 Å². The van der Waals surface area contributed by atoms with Crippen LogP contribution in [0, 0.1) is 0 Å². The van der Waals surface area contributed by atoms with Gasteiger partial charge in [0.25, 0.3) is 5.91 Å². The number of rotatable bonds is 4. The van der Waals surface area contributed by atoms with Gasteiger partial charge in [-0.2, -0.15) is 0 Å². The molecule has 0 unspecified atom stereocenters. The fraction of sp³-hybridized carbons (Fsp3) is 0.143. The number of nitrogens with zero attached hydrogens (tertiary/aromatic N) is 1. The Labute approximate surface area is 120 Å². The van der Waals surface area contributed by atoms with Gasteiger partial charge in [-0.3, -0.25) is 9.78 Å². The second kappa shape index (κ2) is 6.33. The second-order valence-electron chi connectivity index (χ2n) is 3.95. The zero-order valence-corrected chi connectivity index (χ0v) is 12.1. The van der Waals surface area contributed by atoms with Crippen LogP contribution in [0.25, 0.3) is 0 Å². The minimum atomic E-state index is -0.187. The number of amides is 1. The third-order valence-corrected chi connectivity index (χ3v) is 3.45. The molecule has 4 nitrogen and oxygen atoms in total. The highest BCUT2D eigenvalue weighted by Crippen LogP contribution is 2.15. The Kier molecular flexibility index (Phi) is 4.52. The topological polar surface area (TPSA) is 54.0 Å². The summed E-state index contributed by atoms with van der Waals surface area (Å²) in [5.74, 6) is -0.187. The van der Waals surface area contributed by atoms with Crippen molar-refractivity contribution in [2.45, 2.75) is 6.54 Å². The average Bonchev–Trinajstić information content (AvgIpc) is 2.46. The van der Waals surface area contributed by atoms with Crippen molar-refractivity contribution in [1.82, 2.24) is 10.3 Å². The van der Waals surface area contributed by atoms with Crippen LogP contribution in [-0.2, 0) is 6.54 Å². The number of hydrogen-bond donors (Lipinski definition) is 2. The van der Waals surface area contributed by atoms with Gasteiger partial charge in [0.2, 0.25) is 0 Å². The third kappa shape index (κ3) is 3.54. The van der Waals surface area contributed by atoms with E-state index in [9.17, 15) is 4.79 Å². The zero-order valence-electron chi connectivity index (χ0n) is 10.5. The highest BCUT2D eigenvalue weighted by molar-refractivity contribution is 9.10. The van der Waals surface area contributed by atoms with Gasteiger partial charge in [-0.1, -0.05) is 34.1 Å². The maximum absolute atomic E-state index is 12.0. The van der Waals surface area contributed by atoms with Gasteiger partial charge in [-0.25, -0.2) is 0 Å². The lowest BCUT2D eigenvalue weighted by Crippen LogP contribution is -2.24. The quantitative estimate of drug-likeness (QED) is 0.911. The number of hydrogen-bond acceptors (Lipinski definition) is 3. The zero-order chi connectivity index (χ0) is 13.7. The molecule has 0 radical (unpaired) electrons. The van der Waals surface area contributed by atoms with Crippen molar-refractivity contribution in [2.24, 2.45) is 0 Å². The lowest BCUT2D eigenvalue weighted by atomic mass is 10.2. The monoisotopic (exact) mass is 319 g/mol. The van der Waals surface area contributed by atoms with E-state index in [2.05, 4.69) is 31.5 Å². The molecule has 1 amide bonds. The largest absolute Gasteiger partial charge is 0.388 e. The predicted octanol–water partition coefficient (Wildman–Crippen LogP) is 2.82. The molecular formula is C14H14BrN3O. The number of anilines is 1. The van der Waals surface area contributed by atoms with Gasteiger partial charge < -0.3 is 10.6 Å². The van der Waals surface area contributed by atoms with Crippen LogP contribution < -0.4 is 10.6 Å². The standard InChI is InChI=1S/C14H14BrN3O/c1-16-11-6-7-17-13(8-11)14(19)18-9-10-4-2-3-5-12(10)15/h2-8H,9H2,1H3,(H,16,17)(H,18,19). The molecule has 1 aromatic heterocycles. The molecule has 19 heavy (non-hydrogen) atoms. The first-order chi connectivity index (χ1) is 9.20. The molecule has 2 aromatic rings. The van der Waals surface area contributed by atoms with E-state index >= 15 is 0 Å². The van der Waals surface area contributed by atoms with Crippen LogP contribution in [0.4, 0.5) is 5.69 Å². The second-order valence-corrected chi connectivity index (χ2v) is 4.81. The van der Waals surface area contributed by atoms with E-state index < -0.39 is 0 Å². The van der Waals surface area contributed by atoms with Crippen molar-refractivity contribution in [2.75, 3.05) is 12.4 Å². The van der Waals surface area contributed by atoms with Crippen molar-refractivity contribution in [3.8, 4) is 0 Å². The van der Waals surface area contributed by atoms with Gasteiger partial charge in [0, 0.05) is 29.9 Å². The van der Waals surface area contributed by atoms with E-state index in [-0.39, 0.29) is 5.91 Å². The molecule has 2 rings (SSSR count).